The Morgan fingerprint density at radius 3 is 2.00 bits per heavy atom. The van der Waals surface area contributed by atoms with E-state index in [4.69, 9.17) is 0 Å². The van der Waals surface area contributed by atoms with E-state index >= 15 is 0 Å². The molecule has 216 valence electrons. The topological polar surface area (TPSA) is 52.7 Å². The van der Waals surface area contributed by atoms with Crippen LogP contribution >= 0.6 is 0 Å². The standard InChI is InChI=1S/C30H27F6N3O2/c31-29(32,33)22-14-21(15-23(16-22)30(34,35)36)27(40)37-24-8-9-26(25(17-24)28(41)38-11-4-1-5-12-38)39-13-10-19-6-2-3-7-20(19)18-39/h2-3,6-9,14-17H,1,4-5,10-13,18H2,(H,37,40). The highest BCUT2D eigenvalue weighted by molar-refractivity contribution is 6.06. The van der Waals surface area contributed by atoms with Crippen LogP contribution in [0, 0.1) is 0 Å². The Morgan fingerprint density at radius 2 is 1.37 bits per heavy atom. The molecule has 0 radical (unpaired) electrons. The average molecular weight is 576 g/mol. The van der Waals surface area contributed by atoms with Crippen molar-refractivity contribution in [3.8, 4) is 0 Å². The molecule has 3 aromatic carbocycles. The molecule has 5 rings (SSSR count). The molecule has 41 heavy (non-hydrogen) atoms. The SMILES string of the molecule is O=C(Nc1ccc(N2CCc3ccccc3C2)c(C(=O)N2CCCCC2)c1)c1cc(C(F)(F)F)cc(C(F)(F)F)c1. The highest BCUT2D eigenvalue weighted by Crippen LogP contribution is 2.37. The van der Waals surface area contributed by atoms with E-state index in [2.05, 4.69) is 16.3 Å². The first-order chi connectivity index (χ1) is 19.4. The summed E-state index contributed by atoms with van der Waals surface area (Å²) in [6, 6.07) is 13.3. The summed E-state index contributed by atoms with van der Waals surface area (Å²) in [6.07, 6.45) is -6.69. The smallest absolute Gasteiger partial charge is 0.366 e. The molecule has 1 N–H and O–H groups in total. The molecular formula is C30H27F6N3O2. The minimum absolute atomic E-state index is 0.0300. The summed E-state index contributed by atoms with van der Waals surface area (Å²) in [5.41, 5.74) is -0.586. The fourth-order valence-corrected chi connectivity index (χ4v) is 5.32. The Labute approximate surface area is 232 Å². The largest absolute Gasteiger partial charge is 0.416 e. The van der Waals surface area contributed by atoms with Crippen molar-refractivity contribution in [2.24, 2.45) is 0 Å². The molecule has 0 atom stereocenters. The molecule has 0 bridgehead atoms. The molecule has 1 fully saturated rings. The number of hydrogen-bond donors (Lipinski definition) is 1. The number of carbonyl (C=O) groups excluding carboxylic acids is 2. The lowest BCUT2D eigenvalue weighted by Crippen LogP contribution is -2.38. The summed E-state index contributed by atoms with van der Waals surface area (Å²) in [7, 11) is 0. The number of likely N-dealkylation sites (tertiary alicyclic amines) is 1. The molecule has 11 heteroatoms. The van der Waals surface area contributed by atoms with Gasteiger partial charge in [-0.25, -0.2) is 0 Å². The molecule has 2 aliphatic heterocycles. The minimum atomic E-state index is -5.08. The number of nitrogens with one attached hydrogen (secondary N) is 1. The van der Waals surface area contributed by atoms with Gasteiger partial charge in [0.2, 0.25) is 0 Å². The number of anilines is 2. The van der Waals surface area contributed by atoms with Crippen molar-refractivity contribution >= 4 is 23.2 Å². The van der Waals surface area contributed by atoms with E-state index in [1.165, 1.54) is 17.7 Å². The zero-order valence-electron chi connectivity index (χ0n) is 21.9. The van der Waals surface area contributed by atoms with Gasteiger partial charge in [-0.1, -0.05) is 24.3 Å². The molecule has 3 aromatic rings. The van der Waals surface area contributed by atoms with Gasteiger partial charge in [0.25, 0.3) is 11.8 Å². The minimum Gasteiger partial charge on any atom is -0.366 e. The van der Waals surface area contributed by atoms with E-state index < -0.39 is 35.0 Å². The third-order valence-electron chi connectivity index (χ3n) is 7.45. The number of rotatable bonds is 4. The van der Waals surface area contributed by atoms with Gasteiger partial charge in [-0.15, -0.1) is 0 Å². The summed E-state index contributed by atoms with van der Waals surface area (Å²) in [4.78, 5) is 30.4. The lowest BCUT2D eigenvalue weighted by atomic mass is 9.98. The highest BCUT2D eigenvalue weighted by atomic mass is 19.4. The second-order valence-corrected chi connectivity index (χ2v) is 10.3. The van der Waals surface area contributed by atoms with Crippen molar-refractivity contribution in [3.63, 3.8) is 0 Å². The van der Waals surface area contributed by atoms with Gasteiger partial charge in [-0.3, -0.25) is 9.59 Å². The Hall–Kier alpha value is -4.02. The van der Waals surface area contributed by atoms with Crippen LogP contribution in [-0.2, 0) is 25.3 Å². The lowest BCUT2D eigenvalue weighted by Gasteiger charge is -2.34. The number of halogens is 6. The Bertz CT molecular complexity index is 1430. The summed E-state index contributed by atoms with van der Waals surface area (Å²) >= 11 is 0. The zero-order chi connectivity index (χ0) is 29.4. The van der Waals surface area contributed by atoms with Crippen molar-refractivity contribution in [1.29, 1.82) is 0 Å². The fraction of sp³-hybridized carbons (Fsp3) is 0.333. The van der Waals surface area contributed by atoms with Crippen LogP contribution in [0.2, 0.25) is 0 Å². The fourth-order valence-electron chi connectivity index (χ4n) is 5.32. The Balaban J connectivity index is 1.48. The van der Waals surface area contributed by atoms with Crippen LogP contribution in [0.3, 0.4) is 0 Å². The molecule has 0 aliphatic carbocycles. The van der Waals surface area contributed by atoms with Gasteiger partial charge >= 0.3 is 12.4 Å². The number of piperidine rings is 1. The van der Waals surface area contributed by atoms with E-state index in [1.807, 2.05) is 18.2 Å². The molecule has 2 amide bonds. The van der Waals surface area contributed by atoms with Gasteiger partial charge in [0.15, 0.2) is 0 Å². The monoisotopic (exact) mass is 575 g/mol. The van der Waals surface area contributed by atoms with Gasteiger partial charge in [-0.2, -0.15) is 26.3 Å². The van der Waals surface area contributed by atoms with Crippen LogP contribution in [0.4, 0.5) is 37.7 Å². The number of fused-ring (bicyclic) bond motifs is 1. The Morgan fingerprint density at radius 1 is 0.732 bits per heavy atom. The third kappa shape index (κ3) is 6.34. The first kappa shape index (κ1) is 28.5. The summed E-state index contributed by atoms with van der Waals surface area (Å²) in [5.74, 6) is -1.40. The molecule has 0 saturated carbocycles. The lowest BCUT2D eigenvalue weighted by molar-refractivity contribution is -0.143. The summed E-state index contributed by atoms with van der Waals surface area (Å²) in [5, 5.41) is 2.40. The van der Waals surface area contributed by atoms with Crippen LogP contribution in [0.1, 0.15) is 62.2 Å². The third-order valence-corrected chi connectivity index (χ3v) is 7.45. The maximum atomic E-state index is 13.7. The molecular weight excluding hydrogens is 548 g/mol. The van der Waals surface area contributed by atoms with E-state index in [9.17, 15) is 35.9 Å². The normalized spacial score (nSPS) is 15.9. The van der Waals surface area contributed by atoms with Crippen LogP contribution in [0.5, 0.6) is 0 Å². The van der Waals surface area contributed by atoms with E-state index in [0.29, 0.717) is 49.6 Å². The molecule has 0 unspecified atom stereocenters. The van der Waals surface area contributed by atoms with Crippen LogP contribution in [0.25, 0.3) is 0 Å². The van der Waals surface area contributed by atoms with E-state index in [-0.39, 0.29) is 17.7 Å². The van der Waals surface area contributed by atoms with Crippen molar-refractivity contribution in [3.05, 3.63) is 94.0 Å². The van der Waals surface area contributed by atoms with Gasteiger partial charge in [-0.05, 0) is 73.2 Å². The maximum Gasteiger partial charge on any atom is 0.416 e. The molecule has 2 heterocycles. The zero-order valence-corrected chi connectivity index (χ0v) is 21.9. The highest BCUT2D eigenvalue weighted by Gasteiger charge is 2.37. The number of amides is 2. The molecule has 2 aliphatic rings. The van der Waals surface area contributed by atoms with Crippen molar-refractivity contribution < 1.29 is 35.9 Å². The predicted molar refractivity (Wildman–Crippen MR) is 142 cm³/mol. The maximum absolute atomic E-state index is 13.7. The Kier molecular flexibility index (Phi) is 7.72. The van der Waals surface area contributed by atoms with Crippen molar-refractivity contribution in [1.82, 2.24) is 4.90 Å². The molecule has 5 nitrogen and oxygen atoms in total. The molecule has 1 saturated heterocycles. The first-order valence-corrected chi connectivity index (χ1v) is 13.3. The first-order valence-electron chi connectivity index (χ1n) is 13.3. The second-order valence-electron chi connectivity index (χ2n) is 10.3. The molecule has 0 aromatic heterocycles. The second kappa shape index (κ2) is 11.1. The number of alkyl halides is 6. The van der Waals surface area contributed by atoms with Crippen LogP contribution in [-0.4, -0.2) is 36.3 Å². The van der Waals surface area contributed by atoms with Crippen LogP contribution in [0.15, 0.2) is 60.7 Å². The number of nitrogens with zero attached hydrogens (tertiary/aromatic N) is 2. The van der Waals surface area contributed by atoms with E-state index in [1.54, 1.807) is 11.0 Å². The van der Waals surface area contributed by atoms with Gasteiger partial charge < -0.3 is 15.1 Å². The number of hydrogen-bond acceptors (Lipinski definition) is 3. The van der Waals surface area contributed by atoms with E-state index in [0.717, 1.165) is 31.2 Å². The van der Waals surface area contributed by atoms with Crippen molar-refractivity contribution in [2.45, 2.75) is 44.6 Å². The average Bonchev–Trinajstić information content (AvgIpc) is 2.95. The number of benzene rings is 3. The van der Waals surface area contributed by atoms with Gasteiger partial charge in [0, 0.05) is 43.1 Å². The molecule has 0 spiro atoms. The number of carbonyl (C=O) groups is 2. The van der Waals surface area contributed by atoms with Gasteiger partial charge in [0.1, 0.15) is 0 Å². The van der Waals surface area contributed by atoms with Gasteiger partial charge in [0.05, 0.1) is 16.7 Å². The summed E-state index contributed by atoms with van der Waals surface area (Å²) in [6.45, 7) is 2.35. The summed E-state index contributed by atoms with van der Waals surface area (Å²) < 4.78 is 79.9. The predicted octanol–water partition coefficient (Wildman–Crippen LogP) is 7.17. The van der Waals surface area contributed by atoms with Crippen molar-refractivity contribution in [2.75, 3.05) is 29.9 Å². The quantitative estimate of drug-likeness (QED) is 0.336. The van der Waals surface area contributed by atoms with Crippen LogP contribution < -0.4 is 10.2 Å².